The first-order chi connectivity index (χ1) is 9.31. The predicted octanol–water partition coefficient (Wildman–Crippen LogP) is 4.14. The third-order valence-corrected chi connectivity index (χ3v) is 3.61. The molecule has 0 aliphatic heterocycles. The Morgan fingerprint density at radius 2 is 1.84 bits per heavy atom. The average Bonchev–Trinajstić information content (AvgIpc) is 2.45. The summed E-state index contributed by atoms with van der Waals surface area (Å²) in [5, 5.41) is 3.33. The van der Waals surface area contributed by atoms with Crippen LogP contribution in [0.15, 0.2) is 53.0 Å². The lowest BCUT2D eigenvalue weighted by Gasteiger charge is -2.13. The topological polar surface area (TPSA) is 21.3 Å². The SMILES string of the molecule is CCNCc1c(Br)cccc1OCc1ccccc1. The molecule has 0 unspecified atom stereocenters. The van der Waals surface area contributed by atoms with Crippen LogP contribution in [0.25, 0.3) is 0 Å². The van der Waals surface area contributed by atoms with Gasteiger partial charge in [-0.25, -0.2) is 0 Å². The summed E-state index contributed by atoms with van der Waals surface area (Å²) in [5.41, 5.74) is 2.34. The summed E-state index contributed by atoms with van der Waals surface area (Å²) in [6, 6.07) is 16.3. The largest absolute Gasteiger partial charge is 0.489 e. The molecule has 0 saturated heterocycles. The van der Waals surface area contributed by atoms with Crippen molar-refractivity contribution < 1.29 is 4.74 Å². The van der Waals surface area contributed by atoms with Gasteiger partial charge in [-0.3, -0.25) is 0 Å². The van der Waals surface area contributed by atoms with E-state index in [1.807, 2.05) is 36.4 Å². The first kappa shape index (κ1) is 14.1. The third-order valence-electron chi connectivity index (χ3n) is 2.86. The van der Waals surface area contributed by atoms with Crippen LogP contribution in [0.2, 0.25) is 0 Å². The van der Waals surface area contributed by atoms with Crippen molar-refractivity contribution in [3.05, 3.63) is 64.1 Å². The van der Waals surface area contributed by atoms with Gasteiger partial charge in [0.1, 0.15) is 12.4 Å². The minimum Gasteiger partial charge on any atom is -0.489 e. The highest BCUT2D eigenvalue weighted by atomic mass is 79.9. The van der Waals surface area contributed by atoms with E-state index in [-0.39, 0.29) is 0 Å². The zero-order chi connectivity index (χ0) is 13.5. The maximum Gasteiger partial charge on any atom is 0.125 e. The van der Waals surface area contributed by atoms with E-state index in [9.17, 15) is 0 Å². The predicted molar refractivity (Wildman–Crippen MR) is 82.3 cm³/mol. The molecule has 0 atom stereocenters. The number of benzene rings is 2. The second-order valence-corrected chi connectivity index (χ2v) is 5.13. The Hall–Kier alpha value is -1.32. The summed E-state index contributed by atoms with van der Waals surface area (Å²) < 4.78 is 7.01. The maximum absolute atomic E-state index is 5.93. The Balaban J connectivity index is 2.09. The molecule has 2 aromatic carbocycles. The van der Waals surface area contributed by atoms with Crippen LogP contribution < -0.4 is 10.1 Å². The van der Waals surface area contributed by atoms with Crippen LogP contribution in [0, 0.1) is 0 Å². The van der Waals surface area contributed by atoms with Crippen molar-refractivity contribution in [2.45, 2.75) is 20.1 Å². The number of rotatable bonds is 6. The molecule has 0 saturated carbocycles. The molecule has 0 bridgehead atoms. The molecule has 3 heteroatoms. The van der Waals surface area contributed by atoms with Gasteiger partial charge in [0.25, 0.3) is 0 Å². The van der Waals surface area contributed by atoms with Gasteiger partial charge in [-0.2, -0.15) is 0 Å². The summed E-state index contributed by atoms with van der Waals surface area (Å²) in [5.74, 6) is 0.930. The van der Waals surface area contributed by atoms with Crippen molar-refractivity contribution in [2.75, 3.05) is 6.54 Å². The van der Waals surface area contributed by atoms with Crippen LogP contribution in [-0.4, -0.2) is 6.54 Å². The van der Waals surface area contributed by atoms with E-state index in [4.69, 9.17) is 4.74 Å². The lowest BCUT2D eigenvalue weighted by Crippen LogP contribution is -2.13. The molecule has 2 rings (SSSR count). The number of hydrogen-bond acceptors (Lipinski definition) is 2. The molecule has 2 nitrogen and oxygen atoms in total. The van der Waals surface area contributed by atoms with Crippen molar-refractivity contribution in [1.29, 1.82) is 0 Å². The maximum atomic E-state index is 5.93. The molecule has 100 valence electrons. The lowest BCUT2D eigenvalue weighted by molar-refractivity contribution is 0.302. The molecule has 0 amide bonds. The minimum atomic E-state index is 0.594. The van der Waals surface area contributed by atoms with Gasteiger partial charge in [-0.15, -0.1) is 0 Å². The fourth-order valence-corrected chi connectivity index (χ4v) is 2.32. The lowest BCUT2D eigenvalue weighted by atomic mass is 10.2. The van der Waals surface area contributed by atoms with E-state index in [1.165, 1.54) is 11.1 Å². The van der Waals surface area contributed by atoms with Gasteiger partial charge < -0.3 is 10.1 Å². The average molecular weight is 320 g/mol. The highest BCUT2D eigenvalue weighted by molar-refractivity contribution is 9.10. The first-order valence-corrected chi connectivity index (χ1v) is 7.25. The molecule has 0 aliphatic rings. The molecule has 0 aliphatic carbocycles. The van der Waals surface area contributed by atoms with Crippen molar-refractivity contribution in [3.63, 3.8) is 0 Å². The molecule has 0 heterocycles. The third kappa shape index (κ3) is 4.08. The Kier molecular flexibility index (Phi) is 5.43. The van der Waals surface area contributed by atoms with E-state index < -0.39 is 0 Å². The van der Waals surface area contributed by atoms with Gasteiger partial charge >= 0.3 is 0 Å². The van der Waals surface area contributed by atoms with Crippen LogP contribution in [0.5, 0.6) is 5.75 Å². The zero-order valence-electron chi connectivity index (χ0n) is 11.0. The summed E-state index contributed by atoms with van der Waals surface area (Å²) in [6.07, 6.45) is 0. The van der Waals surface area contributed by atoms with Crippen LogP contribution in [0.1, 0.15) is 18.1 Å². The fraction of sp³-hybridized carbons (Fsp3) is 0.250. The highest BCUT2D eigenvalue weighted by Gasteiger charge is 2.07. The van der Waals surface area contributed by atoms with Crippen LogP contribution in [0.4, 0.5) is 0 Å². The Morgan fingerprint density at radius 3 is 2.58 bits per heavy atom. The van der Waals surface area contributed by atoms with Gasteiger partial charge in [-0.1, -0.05) is 59.3 Å². The number of nitrogens with one attached hydrogen (secondary N) is 1. The number of hydrogen-bond donors (Lipinski definition) is 1. The number of ether oxygens (including phenoxy) is 1. The highest BCUT2D eigenvalue weighted by Crippen LogP contribution is 2.27. The number of halogens is 1. The fourth-order valence-electron chi connectivity index (χ4n) is 1.83. The van der Waals surface area contributed by atoms with Crippen molar-refractivity contribution in [1.82, 2.24) is 5.32 Å². The summed E-state index contributed by atoms with van der Waals surface area (Å²) in [7, 11) is 0. The van der Waals surface area contributed by atoms with Gasteiger partial charge in [0.15, 0.2) is 0 Å². The van der Waals surface area contributed by atoms with E-state index >= 15 is 0 Å². The molecule has 0 fully saturated rings. The summed E-state index contributed by atoms with van der Waals surface area (Å²) in [6.45, 7) is 4.44. The van der Waals surface area contributed by atoms with Gasteiger partial charge in [0.2, 0.25) is 0 Å². The molecule has 2 aromatic rings. The smallest absolute Gasteiger partial charge is 0.125 e. The van der Waals surface area contributed by atoms with Crippen molar-refractivity contribution in [3.8, 4) is 5.75 Å². The molecule has 0 radical (unpaired) electrons. The molecule has 19 heavy (non-hydrogen) atoms. The van der Waals surface area contributed by atoms with E-state index in [0.29, 0.717) is 6.61 Å². The molecule has 1 N–H and O–H groups in total. The molecular weight excluding hydrogens is 302 g/mol. The first-order valence-electron chi connectivity index (χ1n) is 6.46. The van der Waals surface area contributed by atoms with Gasteiger partial charge in [-0.05, 0) is 24.2 Å². The Bertz CT molecular complexity index is 513. The van der Waals surface area contributed by atoms with Crippen LogP contribution in [-0.2, 0) is 13.2 Å². The quantitative estimate of drug-likeness (QED) is 0.864. The van der Waals surface area contributed by atoms with Crippen LogP contribution >= 0.6 is 15.9 Å². The molecule has 0 spiro atoms. The zero-order valence-corrected chi connectivity index (χ0v) is 12.6. The van der Waals surface area contributed by atoms with Gasteiger partial charge in [0, 0.05) is 16.6 Å². The van der Waals surface area contributed by atoms with Crippen LogP contribution in [0.3, 0.4) is 0 Å². The van der Waals surface area contributed by atoms with E-state index in [1.54, 1.807) is 0 Å². The summed E-state index contributed by atoms with van der Waals surface area (Å²) >= 11 is 3.58. The second kappa shape index (κ2) is 7.31. The van der Waals surface area contributed by atoms with Gasteiger partial charge in [0.05, 0.1) is 0 Å². The minimum absolute atomic E-state index is 0.594. The van der Waals surface area contributed by atoms with E-state index in [0.717, 1.165) is 23.3 Å². The standard InChI is InChI=1S/C16H18BrNO/c1-2-18-11-14-15(17)9-6-10-16(14)19-12-13-7-4-3-5-8-13/h3-10,18H,2,11-12H2,1H3. The van der Waals surface area contributed by atoms with Crippen molar-refractivity contribution >= 4 is 15.9 Å². The monoisotopic (exact) mass is 319 g/mol. The van der Waals surface area contributed by atoms with Crippen molar-refractivity contribution in [2.24, 2.45) is 0 Å². The Labute approximate surface area is 122 Å². The molecule has 0 aromatic heterocycles. The Morgan fingerprint density at radius 1 is 1.05 bits per heavy atom. The normalized spacial score (nSPS) is 10.4. The summed E-state index contributed by atoms with van der Waals surface area (Å²) in [4.78, 5) is 0. The molecular formula is C16H18BrNO. The van der Waals surface area contributed by atoms with E-state index in [2.05, 4.69) is 40.3 Å². The second-order valence-electron chi connectivity index (χ2n) is 4.27.